The van der Waals surface area contributed by atoms with Gasteiger partial charge in [-0.3, -0.25) is 0 Å². The van der Waals surface area contributed by atoms with Gasteiger partial charge in [0.2, 0.25) is 5.89 Å². The van der Waals surface area contributed by atoms with Crippen molar-refractivity contribution in [3.63, 3.8) is 0 Å². The smallest absolute Gasteiger partial charge is 0.282 e. The molecule has 6 heteroatoms. The van der Waals surface area contributed by atoms with Crippen LogP contribution < -0.4 is 5.73 Å². The molecular weight excluding hydrogens is 224 g/mol. The molecule has 84 valence electrons. The summed E-state index contributed by atoms with van der Waals surface area (Å²) < 4.78 is 5.29. The lowest BCUT2D eigenvalue weighted by Gasteiger charge is -2.03. The molecule has 2 aromatic heterocycles. The number of rotatable bonds is 4. The lowest BCUT2D eigenvalue weighted by atomic mass is 10.2. The van der Waals surface area contributed by atoms with E-state index in [1.807, 2.05) is 12.1 Å². The zero-order chi connectivity index (χ0) is 11.4. The number of nitrogens with two attached hydrogens (primary N) is 1. The van der Waals surface area contributed by atoms with Crippen molar-refractivity contribution in [3.8, 4) is 0 Å². The number of aromatic nitrogens is 3. The van der Waals surface area contributed by atoms with Crippen LogP contribution in [0.2, 0.25) is 0 Å². The van der Waals surface area contributed by atoms with Crippen molar-refractivity contribution < 1.29 is 4.42 Å². The highest BCUT2D eigenvalue weighted by molar-refractivity contribution is 7.99. The van der Waals surface area contributed by atoms with E-state index in [2.05, 4.69) is 15.2 Å². The fourth-order valence-electron chi connectivity index (χ4n) is 1.26. The summed E-state index contributed by atoms with van der Waals surface area (Å²) >= 11 is 1.37. The number of pyridine rings is 1. The first-order valence-corrected chi connectivity index (χ1v) is 5.73. The Labute approximate surface area is 97.5 Å². The summed E-state index contributed by atoms with van der Waals surface area (Å²) in [4.78, 5) is 4.28. The molecule has 0 saturated heterocycles. The van der Waals surface area contributed by atoms with Gasteiger partial charge in [0.05, 0.1) is 0 Å². The van der Waals surface area contributed by atoms with Crippen molar-refractivity contribution in [2.24, 2.45) is 5.73 Å². The van der Waals surface area contributed by atoms with E-state index >= 15 is 0 Å². The summed E-state index contributed by atoms with van der Waals surface area (Å²) in [5.41, 5.74) is 6.64. The molecular formula is C10H12N4OS. The molecule has 0 aliphatic rings. The number of hydrogen-bond donors (Lipinski definition) is 1. The summed E-state index contributed by atoms with van der Waals surface area (Å²) in [6, 6.07) is 3.90. The second-order valence-corrected chi connectivity index (χ2v) is 4.14. The fourth-order valence-corrected chi connectivity index (χ4v) is 2.09. The fraction of sp³-hybridized carbons (Fsp3) is 0.300. The second-order valence-electron chi connectivity index (χ2n) is 3.20. The predicted octanol–water partition coefficient (Wildman–Crippen LogP) is 1.43. The van der Waals surface area contributed by atoms with Gasteiger partial charge in [-0.1, -0.05) is 6.07 Å². The number of nitrogens with zero attached hydrogens (tertiary/aromatic N) is 3. The maximum atomic E-state index is 5.54. The van der Waals surface area contributed by atoms with Gasteiger partial charge in [-0.15, -0.1) is 10.2 Å². The average molecular weight is 236 g/mol. The van der Waals surface area contributed by atoms with Crippen LogP contribution >= 0.6 is 11.8 Å². The Morgan fingerprint density at radius 2 is 2.31 bits per heavy atom. The highest BCUT2D eigenvalue weighted by atomic mass is 32.2. The quantitative estimate of drug-likeness (QED) is 0.865. The topological polar surface area (TPSA) is 77.8 Å². The van der Waals surface area contributed by atoms with Gasteiger partial charge in [0.15, 0.2) is 0 Å². The molecule has 0 aliphatic heterocycles. The molecule has 0 fully saturated rings. The number of aryl methyl sites for hydroxylation is 1. The van der Waals surface area contributed by atoms with Crippen molar-refractivity contribution in [1.82, 2.24) is 15.2 Å². The van der Waals surface area contributed by atoms with E-state index in [9.17, 15) is 0 Å². The molecule has 0 bridgehead atoms. The second kappa shape index (κ2) is 5.09. The Hall–Kier alpha value is -1.40. The standard InChI is InChI=1S/C10H12N4OS/c1-7-13-14-10(15-7)16-9-8(4-5-11)3-2-6-12-9/h2-3,6H,4-5,11H2,1H3. The monoisotopic (exact) mass is 236 g/mol. The zero-order valence-electron chi connectivity index (χ0n) is 8.88. The van der Waals surface area contributed by atoms with Crippen LogP contribution in [0.1, 0.15) is 11.5 Å². The van der Waals surface area contributed by atoms with Gasteiger partial charge in [-0.25, -0.2) is 4.98 Å². The van der Waals surface area contributed by atoms with Crippen LogP contribution in [0.4, 0.5) is 0 Å². The lowest BCUT2D eigenvalue weighted by molar-refractivity contribution is 0.429. The van der Waals surface area contributed by atoms with Crippen LogP contribution in [0, 0.1) is 6.92 Å². The van der Waals surface area contributed by atoms with Crippen molar-refractivity contribution in [3.05, 3.63) is 29.8 Å². The molecule has 5 nitrogen and oxygen atoms in total. The number of hydrogen-bond acceptors (Lipinski definition) is 6. The Balaban J connectivity index is 2.20. The van der Waals surface area contributed by atoms with Gasteiger partial charge in [0, 0.05) is 13.1 Å². The van der Waals surface area contributed by atoms with E-state index in [1.165, 1.54) is 11.8 Å². The third-order valence-electron chi connectivity index (χ3n) is 1.96. The first-order chi connectivity index (χ1) is 7.79. The van der Waals surface area contributed by atoms with Gasteiger partial charge in [0.25, 0.3) is 5.22 Å². The third kappa shape index (κ3) is 2.59. The molecule has 2 aromatic rings. The SMILES string of the molecule is Cc1nnc(Sc2ncccc2CCN)o1. The first kappa shape index (κ1) is 11.1. The Bertz CT molecular complexity index is 471. The Morgan fingerprint density at radius 3 is 3.00 bits per heavy atom. The first-order valence-electron chi connectivity index (χ1n) is 4.91. The minimum absolute atomic E-state index is 0.509. The van der Waals surface area contributed by atoms with E-state index < -0.39 is 0 Å². The van der Waals surface area contributed by atoms with Crippen molar-refractivity contribution in [2.45, 2.75) is 23.6 Å². The normalized spacial score (nSPS) is 10.6. The summed E-state index contributed by atoms with van der Waals surface area (Å²) in [6.07, 6.45) is 2.54. The lowest BCUT2D eigenvalue weighted by Crippen LogP contribution is -2.04. The van der Waals surface area contributed by atoms with E-state index in [0.717, 1.165) is 17.0 Å². The van der Waals surface area contributed by atoms with Crippen LogP contribution in [0.5, 0.6) is 0 Å². The molecule has 2 rings (SSSR count). The van der Waals surface area contributed by atoms with Crippen LogP contribution in [0.25, 0.3) is 0 Å². The van der Waals surface area contributed by atoms with Gasteiger partial charge in [-0.2, -0.15) is 0 Å². The highest BCUT2D eigenvalue weighted by Crippen LogP contribution is 2.27. The van der Waals surface area contributed by atoms with Crippen molar-refractivity contribution in [1.29, 1.82) is 0 Å². The Morgan fingerprint density at radius 1 is 1.44 bits per heavy atom. The highest BCUT2D eigenvalue weighted by Gasteiger charge is 2.09. The minimum Gasteiger partial charge on any atom is -0.416 e. The van der Waals surface area contributed by atoms with Crippen LogP contribution in [0.15, 0.2) is 33.0 Å². The van der Waals surface area contributed by atoms with Gasteiger partial charge in [0.1, 0.15) is 5.03 Å². The average Bonchev–Trinajstić information content (AvgIpc) is 2.67. The molecule has 0 spiro atoms. The molecule has 16 heavy (non-hydrogen) atoms. The summed E-state index contributed by atoms with van der Waals surface area (Å²) in [7, 11) is 0. The third-order valence-corrected chi connectivity index (χ3v) is 2.86. The molecule has 2 N–H and O–H groups in total. The molecule has 0 saturated carbocycles. The molecule has 0 aliphatic carbocycles. The van der Waals surface area contributed by atoms with Crippen molar-refractivity contribution in [2.75, 3.05) is 6.54 Å². The largest absolute Gasteiger partial charge is 0.416 e. The summed E-state index contributed by atoms with van der Waals surface area (Å²) in [5.74, 6) is 0.554. The van der Waals surface area contributed by atoms with E-state index in [4.69, 9.17) is 10.2 Å². The molecule has 0 unspecified atom stereocenters. The van der Waals surface area contributed by atoms with Gasteiger partial charge in [-0.05, 0) is 36.4 Å². The van der Waals surface area contributed by atoms with Crippen LogP contribution in [0.3, 0.4) is 0 Å². The maximum absolute atomic E-state index is 5.54. The summed E-state index contributed by atoms with van der Waals surface area (Å²) in [5, 5.41) is 9.07. The zero-order valence-corrected chi connectivity index (χ0v) is 9.70. The maximum Gasteiger partial charge on any atom is 0.282 e. The minimum atomic E-state index is 0.509. The molecule has 0 atom stereocenters. The molecule has 0 aromatic carbocycles. The van der Waals surface area contributed by atoms with Gasteiger partial charge < -0.3 is 10.2 Å². The predicted molar refractivity (Wildman–Crippen MR) is 60.2 cm³/mol. The van der Waals surface area contributed by atoms with Crippen molar-refractivity contribution >= 4 is 11.8 Å². The van der Waals surface area contributed by atoms with Gasteiger partial charge >= 0.3 is 0 Å². The summed E-state index contributed by atoms with van der Waals surface area (Å²) in [6.45, 7) is 2.36. The molecule has 0 amide bonds. The van der Waals surface area contributed by atoms with E-state index in [1.54, 1.807) is 13.1 Å². The van der Waals surface area contributed by atoms with E-state index in [-0.39, 0.29) is 0 Å². The Kier molecular flexibility index (Phi) is 3.53. The van der Waals surface area contributed by atoms with E-state index in [0.29, 0.717) is 17.7 Å². The van der Waals surface area contributed by atoms with Crippen LogP contribution in [-0.2, 0) is 6.42 Å². The van der Waals surface area contributed by atoms with Crippen LogP contribution in [-0.4, -0.2) is 21.7 Å². The molecule has 2 heterocycles. The molecule has 0 radical (unpaired) electrons.